The lowest BCUT2D eigenvalue weighted by molar-refractivity contribution is 0.332. The minimum atomic E-state index is -0.115. The lowest BCUT2D eigenvalue weighted by Crippen LogP contribution is -2.61. The molecule has 1 saturated carbocycles. The third kappa shape index (κ3) is 6.62. The van der Waals surface area contributed by atoms with Crippen LogP contribution >= 0.6 is 11.3 Å². The highest BCUT2D eigenvalue weighted by Gasteiger charge is 2.54. The molecule has 2 aliphatic heterocycles. The van der Waals surface area contributed by atoms with E-state index in [2.05, 4.69) is 234 Å². The molecule has 3 heterocycles. The standard InChI is InChI=1S/C65H73BN2S/c1-59(2,3)40-21-24-43(25-22-40)67-53-32-42(61(7,8)9)33-54-56(53)66(58-57(67)45-34-48-49(37-55(45)69-58)65(15)30-29-64(48,14)38-65)50-35-46-47(63(12,13)28-27-62(46,10)11)36-52(50)68(54)51-26-23-41(60(4,5)6)31-44(51)39-19-17-16-18-20-39/h16-26,31-37H,27-30,38H2,1-15H3. The summed E-state index contributed by atoms with van der Waals surface area (Å²) in [7, 11) is 0. The molecule has 0 saturated heterocycles. The van der Waals surface area contributed by atoms with Crippen LogP contribution in [0.25, 0.3) is 21.2 Å². The molecule has 1 aromatic heterocycles. The average molecular weight is 925 g/mol. The molecule has 69 heavy (non-hydrogen) atoms. The normalized spacial score (nSPS) is 21.8. The van der Waals surface area contributed by atoms with E-state index in [-0.39, 0.29) is 44.6 Å². The van der Waals surface area contributed by atoms with Crippen molar-refractivity contribution in [2.24, 2.45) is 0 Å². The van der Waals surface area contributed by atoms with Gasteiger partial charge in [-0.15, -0.1) is 11.3 Å². The molecular weight excluding hydrogens is 852 g/mol. The van der Waals surface area contributed by atoms with Gasteiger partial charge in [-0.25, -0.2) is 0 Å². The second kappa shape index (κ2) is 14.3. The number of rotatable bonds is 3. The zero-order chi connectivity index (χ0) is 48.7. The van der Waals surface area contributed by atoms with Crippen molar-refractivity contribution < 1.29 is 0 Å². The predicted octanol–water partition coefficient (Wildman–Crippen LogP) is 16.6. The van der Waals surface area contributed by atoms with Crippen molar-refractivity contribution in [3.05, 3.63) is 148 Å². The van der Waals surface area contributed by atoms with Gasteiger partial charge in [0.05, 0.1) is 11.4 Å². The highest BCUT2D eigenvalue weighted by Crippen LogP contribution is 2.62. The van der Waals surface area contributed by atoms with Gasteiger partial charge in [0.25, 0.3) is 6.71 Å². The molecular formula is C65H73BN2S. The SMILES string of the molecule is CC(C)(C)c1ccc(N2c3cc(C(C)(C)C)cc4c3B(c3cc5c(cc3N4c3ccc(C(C)(C)C)cc3-c3ccccc3)C(C)(C)CCC5(C)C)c3sc4cc5c(cc4c32)C2(C)CCC5(C)C2)cc1. The van der Waals surface area contributed by atoms with Crippen LogP contribution in [0.1, 0.15) is 175 Å². The fourth-order valence-electron chi connectivity index (χ4n) is 13.8. The number of hydrogen-bond acceptors (Lipinski definition) is 3. The van der Waals surface area contributed by atoms with Crippen molar-refractivity contribution >= 4 is 78.0 Å². The van der Waals surface area contributed by atoms with Gasteiger partial charge in [0.15, 0.2) is 0 Å². The Balaban J connectivity index is 1.24. The minimum Gasteiger partial charge on any atom is -0.311 e. The van der Waals surface area contributed by atoms with Crippen molar-refractivity contribution in [3.63, 3.8) is 0 Å². The van der Waals surface area contributed by atoms with Gasteiger partial charge in [-0.2, -0.15) is 0 Å². The van der Waals surface area contributed by atoms with Crippen LogP contribution in [-0.4, -0.2) is 6.71 Å². The molecule has 12 rings (SSSR count). The summed E-state index contributed by atoms with van der Waals surface area (Å²) in [4.78, 5) is 5.46. The van der Waals surface area contributed by atoms with E-state index in [1.54, 1.807) is 11.1 Å². The topological polar surface area (TPSA) is 6.48 Å². The maximum atomic E-state index is 2.74. The van der Waals surface area contributed by atoms with E-state index >= 15 is 0 Å². The van der Waals surface area contributed by atoms with Crippen molar-refractivity contribution in [2.45, 2.75) is 174 Å². The molecule has 1 fully saturated rings. The molecule has 0 radical (unpaired) electrons. The average Bonchev–Trinajstić information content (AvgIpc) is 3.90. The first kappa shape index (κ1) is 45.1. The van der Waals surface area contributed by atoms with Gasteiger partial charge in [-0.05, 0) is 180 Å². The summed E-state index contributed by atoms with van der Waals surface area (Å²) >= 11 is 2.09. The minimum absolute atomic E-state index is 0.0118. The highest BCUT2D eigenvalue weighted by molar-refractivity contribution is 7.33. The van der Waals surface area contributed by atoms with Crippen molar-refractivity contribution in [2.75, 3.05) is 9.80 Å². The molecule has 0 amide bonds. The molecule has 2 unspecified atom stereocenters. The van der Waals surface area contributed by atoms with Gasteiger partial charge in [0, 0.05) is 43.2 Å². The number of benzene rings is 6. The molecule has 0 N–H and O–H groups in total. The maximum absolute atomic E-state index is 2.74. The van der Waals surface area contributed by atoms with Crippen LogP contribution in [0.2, 0.25) is 0 Å². The number of fused-ring (bicyclic) bond motifs is 12. The summed E-state index contributed by atoms with van der Waals surface area (Å²) in [6.45, 7) is 36.5. The summed E-state index contributed by atoms with van der Waals surface area (Å²) in [6.07, 6.45) is 6.18. The molecule has 4 heteroatoms. The van der Waals surface area contributed by atoms with E-state index in [1.807, 2.05) is 0 Å². The van der Waals surface area contributed by atoms with Crippen LogP contribution < -0.4 is 25.5 Å². The Kier molecular flexibility index (Phi) is 9.35. The second-order valence-corrected chi connectivity index (χ2v) is 28.2. The number of hydrogen-bond donors (Lipinski definition) is 0. The Bertz CT molecular complexity index is 3290. The third-order valence-corrected chi connectivity index (χ3v) is 19.3. The van der Waals surface area contributed by atoms with Crippen molar-refractivity contribution in [1.82, 2.24) is 0 Å². The predicted molar refractivity (Wildman–Crippen MR) is 301 cm³/mol. The Morgan fingerprint density at radius 2 is 1.06 bits per heavy atom. The molecule has 2 nitrogen and oxygen atoms in total. The van der Waals surface area contributed by atoms with Crippen molar-refractivity contribution in [3.8, 4) is 11.1 Å². The first-order valence-corrected chi connectivity index (χ1v) is 27.0. The lowest BCUT2D eigenvalue weighted by Gasteiger charge is -2.47. The quantitative estimate of drug-likeness (QED) is 0.163. The molecule has 6 aromatic carbocycles. The Hall–Kier alpha value is -5.06. The second-order valence-electron chi connectivity index (χ2n) is 27.2. The van der Waals surface area contributed by atoms with Gasteiger partial charge < -0.3 is 9.80 Å². The first-order valence-electron chi connectivity index (χ1n) is 26.2. The third-order valence-electron chi connectivity index (χ3n) is 18.1. The summed E-state index contributed by atoms with van der Waals surface area (Å²) in [5.74, 6) is 0. The van der Waals surface area contributed by atoms with Crippen LogP contribution in [0.3, 0.4) is 0 Å². The smallest absolute Gasteiger partial charge is 0.264 e. The monoisotopic (exact) mass is 925 g/mol. The molecule has 5 aliphatic rings. The maximum Gasteiger partial charge on any atom is 0.264 e. The molecule has 2 atom stereocenters. The summed E-state index contributed by atoms with van der Waals surface area (Å²) in [5, 5.41) is 1.42. The van der Waals surface area contributed by atoms with E-state index < -0.39 is 0 Å². The largest absolute Gasteiger partial charge is 0.311 e. The Morgan fingerprint density at radius 1 is 0.493 bits per heavy atom. The molecule has 2 bridgehead atoms. The van der Waals surface area contributed by atoms with Gasteiger partial charge in [0.1, 0.15) is 0 Å². The van der Waals surface area contributed by atoms with E-state index in [9.17, 15) is 0 Å². The summed E-state index contributed by atoms with van der Waals surface area (Å²) < 4.78 is 2.92. The fourth-order valence-corrected chi connectivity index (χ4v) is 15.1. The summed E-state index contributed by atoms with van der Waals surface area (Å²) in [5.41, 5.74) is 24.0. The van der Waals surface area contributed by atoms with Gasteiger partial charge in [-0.3, -0.25) is 0 Å². The van der Waals surface area contributed by atoms with E-state index in [4.69, 9.17) is 0 Å². The first-order chi connectivity index (χ1) is 32.3. The van der Waals surface area contributed by atoms with E-state index in [1.165, 1.54) is 131 Å². The highest BCUT2D eigenvalue weighted by atomic mass is 32.1. The molecule has 7 aromatic rings. The van der Waals surface area contributed by atoms with Crippen LogP contribution in [0.4, 0.5) is 34.1 Å². The van der Waals surface area contributed by atoms with E-state index in [0.717, 1.165) is 0 Å². The van der Waals surface area contributed by atoms with Crippen LogP contribution in [0, 0.1) is 0 Å². The number of anilines is 6. The summed E-state index contributed by atoms with van der Waals surface area (Å²) in [6, 6.07) is 44.2. The van der Waals surface area contributed by atoms with Gasteiger partial charge in [-0.1, -0.05) is 158 Å². The fraction of sp³-hybridized carbons (Fsp3) is 0.415. The van der Waals surface area contributed by atoms with Crippen LogP contribution in [0.15, 0.2) is 109 Å². The zero-order valence-electron chi connectivity index (χ0n) is 44.3. The van der Waals surface area contributed by atoms with Crippen LogP contribution in [-0.2, 0) is 37.9 Å². The molecule has 0 spiro atoms. The molecule has 3 aliphatic carbocycles. The number of nitrogens with zero attached hydrogens (tertiary/aromatic N) is 2. The van der Waals surface area contributed by atoms with Crippen molar-refractivity contribution in [1.29, 1.82) is 0 Å². The number of thiophene rings is 1. The van der Waals surface area contributed by atoms with Gasteiger partial charge >= 0.3 is 0 Å². The Morgan fingerprint density at radius 3 is 1.67 bits per heavy atom. The zero-order valence-corrected chi connectivity index (χ0v) is 45.1. The van der Waals surface area contributed by atoms with Gasteiger partial charge in [0.2, 0.25) is 0 Å². The lowest BCUT2D eigenvalue weighted by atomic mass is 9.35. The van der Waals surface area contributed by atoms with E-state index in [0.29, 0.717) is 0 Å². The van der Waals surface area contributed by atoms with Crippen LogP contribution in [0.5, 0.6) is 0 Å². The molecule has 352 valence electrons. The Labute approximate surface area is 418 Å².